The molecule has 0 spiro atoms. The summed E-state index contributed by atoms with van der Waals surface area (Å²) in [6.07, 6.45) is 7.43. The number of carbonyl (C=O) groups excluding carboxylic acids is 3. The third kappa shape index (κ3) is 7.92. The Morgan fingerprint density at radius 1 is 1.16 bits per heavy atom. The summed E-state index contributed by atoms with van der Waals surface area (Å²) in [6, 6.07) is 6.40. The maximum Gasteiger partial charge on any atom is 0.523 e. The molecule has 2 rings (SSSR count). The van der Waals surface area contributed by atoms with E-state index in [1.165, 1.54) is 7.11 Å². The van der Waals surface area contributed by atoms with E-state index in [9.17, 15) is 14.4 Å². The Balaban J connectivity index is 2.23. The fourth-order valence-electron chi connectivity index (χ4n) is 4.84. The van der Waals surface area contributed by atoms with Crippen molar-refractivity contribution in [1.82, 2.24) is 5.32 Å². The molecule has 1 fully saturated rings. The first-order chi connectivity index (χ1) is 17.8. The molecule has 1 heterocycles. The van der Waals surface area contributed by atoms with Crippen molar-refractivity contribution in [3.8, 4) is 5.75 Å². The second-order valence-corrected chi connectivity index (χ2v) is 9.54. The van der Waals surface area contributed by atoms with Crippen LogP contribution in [0.25, 0.3) is 0 Å². The van der Waals surface area contributed by atoms with Crippen molar-refractivity contribution in [2.45, 2.75) is 83.4 Å². The second kappa shape index (κ2) is 15.2. The van der Waals surface area contributed by atoms with Gasteiger partial charge in [0, 0.05) is 6.42 Å². The molecule has 0 aromatic heterocycles. The van der Waals surface area contributed by atoms with Gasteiger partial charge in [-0.2, -0.15) is 9.28 Å². The maximum atomic E-state index is 14.0. The average molecular weight is 516 g/mol. The van der Waals surface area contributed by atoms with E-state index in [-0.39, 0.29) is 19.3 Å². The van der Waals surface area contributed by atoms with Crippen LogP contribution in [0.1, 0.15) is 64.4 Å². The number of nitrogens with one attached hydrogen (secondary N) is 1. The SMILES string of the molecule is C=CCCCCOC(=O)NC(CCCC)C(=O)[N+]1(C(=O)OC)C[C@H](Oc2ccccc2CC=C)CC1C. The standard InChI is InChI=1S/C29H42N2O6/c1-6-9-11-14-19-36-28(33)30-25(17-10-7-2)27(32)31(29(34)35-5)21-24(20-22(31)4)37-26-18-13-12-16-23(26)15-8-3/h6,8,12-13,16,18,22,24-25H,1,3,7,9-11,14-15,17,19-21H2,2,4-5H3/p+1/t22?,24-,25?,31?/m1/s1. The van der Waals surface area contributed by atoms with E-state index in [0.29, 0.717) is 37.9 Å². The number of imide groups is 1. The first-order valence-corrected chi connectivity index (χ1v) is 13.2. The summed E-state index contributed by atoms with van der Waals surface area (Å²) in [4.78, 5) is 39.8. The van der Waals surface area contributed by atoms with Crippen LogP contribution in [0, 0.1) is 0 Å². The number of amides is 3. The monoisotopic (exact) mass is 515 g/mol. The van der Waals surface area contributed by atoms with Crippen molar-refractivity contribution >= 4 is 18.1 Å². The lowest BCUT2D eigenvalue weighted by atomic mass is 10.1. The largest absolute Gasteiger partial charge is 0.523 e. The number of likely N-dealkylation sites (tertiary alicyclic amines) is 1. The summed E-state index contributed by atoms with van der Waals surface area (Å²) in [5.74, 6) is 0.305. The molecule has 1 aliphatic heterocycles. The van der Waals surface area contributed by atoms with Crippen molar-refractivity contribution in [1.29, 1.82) is 0 Å². The first-order valence-electron chi connectivity index (χ1n) is 13.2. The number of rotatable bonds is 14. The quantitative estimate of drug-likeness (QED) is 0.194. The normalized spacial score (nSPS) is 21.5. The van der Waals surface area contributed by atoms with Gasteiger partial charge in [0.2, 0.25) is 0 Å². The number of unbranched alkanes of at least 4 members (excludes halogenated alkanes) is 3. The zero-order valence-corrected chi connectivity index (χ0v) is 22.6. The highest BCUT2D eigenvalue weighted by molar-refractivity contribution is 5.88. The van der Waals surface area contributed by atoms with Crippen molar-refractivity contribution < 1.29 is 33.1 Å². The molecule has 204 valence electrons. The Labute approximate surface area is 221 Å². The lowest BCUT2D eigenvalue weighted by Gasteiger charge is -2.33. The first kappa shape index (κ1) is 30.1. The molecular formula is C29H43N2O6+. The van der Waals surface area contributed by atoms with Crippen LogP contribution in [-0.2, 0) is 20.7 Å². The summed E-state index contributed by atoms with van der Waals surface area (Å²) < 4.78 is 16.2. The number of alkyl carbamates (subject to hydrolysis) is 1. The zero-order chi connectivity index (χ0) is 27.3. The molecule has 8 heteroatoms. The Morgan fingerprint density at radius 3 is 2.59 bits per heavy atom. The Kier molecular flexibility index (Phi) is 12.4. The lowest BCUT2D eigenvalue weighted by molar-refractivity contribution is -0.794. The molecule has 1 saturated heterocycles. The lowest BCUT2D eigenvalue weighted by Crippen LogP contribution is -2.65. The third-order valence-corrected chi connectivity index (χ3v) is 6.84. The predicted molar refractivity (Wildman–Crippen MR) is 143 cm³/mol. The minimum atomic E-state index is -0.881. The van der Waals surface area contributed by atoms with Crippen LogP contribution in [0.5, 0.6) is 5.75 Å². The molecule has 0 aliphatic carbocycles. The number of nitrogens with zero attached hydrogens (tertiary/aromatic N) is 1. The van der Waals surface area contributed by atoms with Gasteiger partial charge in [0.15, 0.2) is 6.10 Å². The number of para-hydroxylation sites is 1. The molecule has 1 aliphatic rings. The highest BCUT2D eigenvalue weighted by Gasteiger charge is 2.60. The predicted octanol–water partition coefficient (Wildman–Crippen LogP) is 5.71. The molecular weight excluding hydrogens is 472 g/mol. The van der Waals surface area contributed by atoms with Crippen LogP contribution >= 0.6 is 0 Å². The van der Waals surface area contributed by atoms with Gasteiger partial charge in [0.1, 0.15) is 24.4 Å². The van der Waals surface area contributed by atoms with Gasteiger partial charge in [0.05, 0.1) is 13.7 Å². The molecule has 3 unspecified atom stereocenters. The van der Waals surface area contributed by atoms with Gasteiger partial charge in [-0.3, -0.25) is 0 Å². The molecule has 1 N–H and O–H groups in total. The second-order valence-electron chi connectivity index (χ2n) is 9.54. The molecule has 37 heavy (non-hydrogen) atoms. The number of quaternary nitrogens is 1. The van der Waals surface area contributed by atoms with Gasteiger partial charge in [-0.25, -0.2) is 9.59 Å². The van der Waals surface area contributed by atoms with Gasteiger partial charge >= 0.3 is 18.1 Å². The molecule has 4 atom stereocenters. The van der Waals surface area contributed by atoms with E-state index in [1.54, 1.807) is 6.08 Å². The molecule has 1 aromatic rings. The van der Waals surface area contributed by atoms with Gasteiger partial charge in [-0.15, -0.1) is 13.2 Å². The Bertz CT molecular complexity index is 933. The molecule has 0 radical (unpaired) electrons. The smallest absolute Gasteiger partial charge is 0.484 e. The minimum absolute atomic E-state index is 0.121. The van der Waals surface area contributed by atoms with Crippen LogP contribution in [0.15, 0.2) is 49.6 Å². The topological polar surface area (TPSA) is 90.9 Å². The number of hydrogen-bond donors (Lipinski definition) is 1. The maximum absolute atomic E-state index is 14.0. The molecule has 0 saturated carbocycles. The Morgan fingerprint density at radius 2 is 1.92 bits per heavy atom. The van der Waals surface area contributed by atoms with E-state index in [1.807, 2.05) is 44.2 Å². The summed E-state index contributed by atoms with van der Waals surface area (Å²) in [5.41, 5.74) is 0.984. The van der Waals surface area contributed by atoms with E-state index in [2.05, 4.69) is 18.5 Å². The van der Waals surface area contributed by atoms with Crippen LogP contribution < -0.4 is 10.1 Å². The van der Waals surface area contributed by atoms with E-state index in [4.69, 9.17) is 14.2 Å². The van der Waals surface area contributed by atoms with Gasteiger partial charge in [-0.1, -0.05) is 50.1 Å². The van der Waals surface area contributed by atoms with Crippen LogP contribution in [0.3, 0.4) is 0 Å². The van der Waals surface area contributed by atoms with E-state index < -0.39 is 34.7 Å². The summed E-state index contributed by atoms with van der Waals surface area (Å²) >= 11 is 0. The summed E-state index contributed by atoms with van der Waals surface area (Å²) in [6.45, 7) is 11.7. The van der Waals surface area contributed by atoms with Gasteiger partial charge < -0.3 is 19.5 Å². The number of hydrogen-bond acceptors (Lipinski definition) is 6. The third-order valence-electron chi connectivity index (χ3n) is 6.84. The number of ether oxygens (including phenoxy) is 3. The fourth-order valence-corrected chi connectivity index (χ4v) is 4.84. The van der Waals surface area contributed by atoms with E-state index in [0.717, 1.165) is 24.8 Å². The summed E-state index contributed by atoms with van der Waals surface area (Å²) in [5, 5.41) is 2.73. The number of benzene rings is 1. The number of carbonyl (C=O) groups is 3. The van der Waals surface area contributed by atoms with E-state index >= 15 is 0 Å². The van der Waals surface area contributed by atoms with Crippen molar-refractivity contribution in [3.63, 3.8) is 0 Å². The van der Waals surface area contributed by atoms with Crippen molar-refractivity contribution in [2.24, 2.45) is 0 Å². The highest BCUT2D eigenvalue weighted by atomic mass is 16.6. The number of allylic oxidation sites excluding steroid dienone is 2. The van der Waals surface area contributed by atoms with Crippen molar-refractivity contribution in [3.05, 3.63) is 55.1 Å². The van der Waals surface area contributed by atoms with Crippen LogP contribution in [0.2, 0.25) is 0 Å². The molecule has 1 aromatic carbocycles. The van der Waals surface area contributed by atoms with Crippen molar-refractivity contribution in [2.75, 3.05) is 20.3 Å². The Hall–Kier alpha value is -3.13. The average Bonchev–Trinajstić information content (AvgIpc) is 3.23. The van der Waals surface area contributed by atoms with Crippen LogP contribution in [0.4, 0.5) is 9.59 Å². The minimum Gasteiger partial charge on any atom is -0.484 e. The zero-order valence-electron chi connectivity index (χ0n) is 22.6. The molecule has 0 bridgehead atoms. The highest BCUT2D eigenvalue weighted by Crippen LogP contribution is 2.34. The number of methoxy groups -OCH3 is 1. The fraction of sp³-hybridized carbons (Fsp3) is 0.552. The molecule has 3 amide bonds. The summed E-state index contributed by atoms with van der Waals surface area (Å²) in [7, 11) is 1.28. The van der Waals surface area contributed by atoms with Gasteiger partial charge in [0.25, 0.3) is 0 Å². The van der Waals surface area contributed by atoms with Gasteiger partial charge in [-0.05, 0) is 50.7 Å². The molecule has 8 nitrogen and oxygen atoms in total. The van der Waals surface area contributed by atoms with Crippen LogP contribution in [-0.4, -0.2) is 61.0 Å².